The standard InChI is InChI=1S/C8H10.C7H14O.C7H16.C4H11N.C3H8O/c1-7-3-5-8(2)6-4-7;1-6(8)5-7(2,3)4;1-5-6-7(2,3)4;1-4-5(2)3;1-3-4-2/h3-6H,1-2H3;5H2,1-4H3;5-6H2,1-4H3;4H2,1-3H3;3H2,1-2H3. The molecule has 0 radical (unpaired) electrons. The van der Waals surface area contributed by atoms with Crippen LogP contribution in [0.2, 0.25) is 0 Å². The Hall–Kier alpha value is -1.19. The molecule has 0 amide bonds. The van der Waals surface area contributed by atoms with Crippen molar-refractivity contribution in [1.82, 2.24) is 4.90 Å². The molecule has 0 N–H and O–H groups in total. The first-order valence-electron chi connectivity index (χ1n) is 12.1. The Labute approximate surface area is 203 Å². The van der Waals surface area contributed by atoms with Crippen LogP contribution in [0.1, 0.15) is 99.6 Å². The van der Waals surface area contributed by atoms with Crippen LogP contribution < -0.4 is 0 Å². The third-order valence-electron chi connectivity index (χ3n) is 3.92. The summed E-state index contributed by atoms with van der Waals surface area (Å²) in [5.41, 5.74) is 3.38. The van der Waals surface area contributed by atoms with Gasteiger partial charge in [0.15, 0.2) is 0 Å². The average molecular weight is 454 g/mol. The van der Waals surface area contributed by atoms with Gasteiger partial charge < -0.3 is 14.4 Å². The van der Waals surface area contributed by atoms with E-state index in [2.05, 4.69) is 117 Å². The number of benzene rings is 1. The largest absolute Gasteiger partial charge is 0.385 e. The van der Waals surface area contributed by atoms with E-state index in [9.17, 15) is 4.79 Å². The van der Waals surface area contributed by atoms with Crippen molar-refractivity contribution in [3.05, 3.63) is 35.4 Å². The first-order valence-corrected chi connectivity index (χ1v) is 12.1. The summed E-state index contributed by atoms with van der Waals surface area (Å²) in [6.45, 7) is 27.1. The molecule has 0 aliphatic heterocycles. The van der Waals surface area contributed by atoms with Gasteiger partial charge in [0, 0.05) is 20.1 Å². The van der Waals surface area contributed by atoms with Gasteiger partial charge in [-0.05, 0) is 65.6 Å². The quantitative estimate of drug-likeness (QED) is 0.458. The zero-order valence-corrected chi connectivity index (χ0v) is 24.6. The minimum absolute atomic E-state index is 0.172. The molecule has 0 aromatic heterocycles. The minimum atomic E-state index is 0.172. The van der Waals surface area contributed by atoms with Crippen molar-refractivity contribution in [2.75, 3.05) is 34.4 Å². The molecule has 3 heteroatoms. The van der Waals surface area contributed by atoms with Crippen molar-refractivity contribution in [2.45, 2.75) is 102 Å². The van der Waals surface area contributed by atoms with Crippen LogP contribution in [0.5, 0.6) is 0 Å². The second kappa shape index (κ2) is 23.0. The van der Waals surface area contributed by atoms with Crippen LogP contribution in [-0.2, 0) is 9.53 Å². The maximum atomic E-state index is 10.5. The second-order valence-corrected chi connectivity index (χ2v) is 10.9. The van der Waals surface area contributed by atoms with E-state index in [0.717, 1.165) is 13.2 Å². The van der Waals surface area contributed by atoms with Gasteiger partial charge in [-0.2, -0.15) is 0 Å². The number of hydrogen-bond acceptors (Lipinski definition) is 3. The summed E-state index contributed by atoms with van der Waals surface area (Å²) in [4.78, 5) is 12.6. The highest BCUT2D eigenvalue weighted by atomic mass is 16.5. The van der Waals surface area contributed by atoms with E-state index >= 15 is 0 Å². The number of carbonyl (C=O) groups is 1. The van der Waals surface area contributed by atoms with E-state index < -0.39 is 0 Å². The molecule has 0 saturated heterocycles. The Morgan fingerprint density at radius 3 is 1.22 bits per heavy atom. The molecule has 0 aliphatic carbocycles. The molecule has 0 unspecified atom stereocenters. The summed E-state index contributed by atoms with van der Waals surface area (Å²) in [7, 11) is 5.79. The van der Waals surface area contributed by atoms with E-state index in [-0.39, 0.29) is 11.2 Å². The number of Topliss-reactive ketones (excluding diaryl/α,β-unsaturated/α-hetero) is 1. The van der Waals surface area contributed by atoms with E-state index in [1.54, 1.807) is 14.0 Å². The van der Waals surface area contributed by atoms with Gasteiger partial charge in [-0.1, -0.05) is 97.2 Å². The zero-order chi connectivity index (χ0) is 26.4. The molecule has 1 aromatic rings. The topological polar surface area (TPSA) is 29.5 Å². The minimum Gasteiger partial charge on any atom is -0.385 e. The van der Waals surface area contributed by atoms with Gasteiger partial charge in [0.1, 0.15) is 5.78 Å². The number of methoxy groups -OCH3 is 1. The van der Waals surface area contributed by atoms with Crippen LogP contribution in [-0.4, -0.2) is 45.0 Å². The van der Waals surface area contributed by atoms with E-state index in [4.69, 9.17) is 0 Å². The summed E-state index contributed by atoms with van der Waals surface area (Å²) in [6, 6.07) is 8.48. The molecule has 1 rings (SSSR count). The van der Waals surface area contributed by atoms with Gasteiger partial charge >= 0.3 is 0 Å². The SMILES string of the molecule is CC(=O)CC(C)(C)C.CCCC(C)(C)C.CCN(C)C.CCOC.Cc1ccc(C)cc1. The fourth-order valence-electron chi connectivity index (χ4n) is 2.13. The number of carbonyl (C=O) groups excluding carboxylic acids is 1. The van der Waals surface area contributed by atoms with Crippen molar-refractivity contribution in [3.8, 4) is 0 Å². The highest BCUT2D eigenvalue weighted by Gasteiger charge is 2.11. The third-order valence-corrected chi connectivity index (χ3v) is 3.92. The normalized spacial score (nSPS) is 10.2. The predicted octanol–water partition coefficient (Wildman–Crippen LogP) is 8.37. The van der Waals surface area contributed by atoms with Crippen molar-refractivity contribution < 1.29 is 9.53 Å². The van der Waals surface area contributed by atoms with Gasteiger partial charge in [-0.25, -0.2) is 0 Å². The molecule has 0 atom stereocenters. The van der Waals surface area contributed by atoms with Crippen molar-refractivity contribution in [1.29, 1.82) is 0 Å². The fourth-order valence-corrected chi connectivity index (χ4v) is 2.13. The number of nitrogens with zero attached hydrogens (tertiary/aromatic N) is 1. The number of rotatable bonds is 4. The Morgan fingerprint density at radius 2 is 1.16 bits per heavy atom. The van der Waals surface area contributed by atoms with Crippen LogP contribution in [0.4, 0.5) is 0 Å². The molecule has 0 bridgehead atoms. The average Bonchev–Trinajstić information content (AvgIpc) is 2.63. The second-order valence-electron chi connectivity index (χ2n) is 10.9. The van der Waals surface area contributed by atoms with Crippen molar-refractivity contribution >= 4 is 5.78 Å². The van der Waals surface area contributed by atoms with Crippen molar-refractivity contribution in [3.63, 3.8) is 0 Å². The van der Waals surface area contributed by atoms with Crippen LogP contribution in [0.15, 0.2) is 24.3 Å². The molecular formula is C29H59NO2. The molecular weight excluding hydrogens is 394 g/mol. The van der Waals surface area contributed by atoms with Crippen LogP contribution in [0.3, 0.4) is 0 Å². The number of aryl methyl sites for hydroxylation is 2. The summed E-state index contributed by atoms with van der Waals surface area (Å²) in [6.07, 6.45) is 3.34. The smallest absolute Gasteiger partial charge is 0.130 e. The monoisotopic (exact) mass is 453 g/mol. The maximum Gasteiger partial charge on any atom is 0.130 e. The van der Waals surface area contributed by atoms with E-state index in [1.165, 1.54) is 24.0 Å². The summed E-state index contributed by atoms with van der Waals surface area (Å²) < 4.78 is 4.54. The molecule has 32 heavy (non-hydrogen) atoms. The Bertz CT molecular complexity index is 482. The zero-order valence-electron chi connectivity index (χ0n) is 24.6. The lowest BCUT2D eigenvalue weighted by atomic mass is 9.91. The van der Waals surface area contributed by atoms with Gasteiger partial charge in [-0.15, -0.1) is 0 Å². The molecule has 192 valence electrons. The van der Waals surface area contributed by atoms with Crippen LogP contribution in [0.25, 0.3) is 0 Å². The first kappa shape index (κ1) is 38.1. The van der Waals surface area contributed by atoms with Crippen LogP contribution >= 0.6 is 0 Å². The summed E-state index contributed by atoms with van der Waals surface area (Å²) >= 11 is 0. The lowest BCUT2D eigenvalue weighted by molar-refractivity contribution is -0.118. The van der Waals surface area contributed by atoms with Gasteiger partial charge in [0.2, 0.25) is 0 Å². The lowest BCUT2D eigenvalue weighted by Gasteiger charge is -2.15. The predicted molar refractivity (Wildman–Crippen MR) is 147 cm³/mol. The fraction of sp³-hybridized carbons (Fsp3) is 0.759. The van der Waals surface area contributed by atoms with E-state index in [1.807, 2.05) is 6.92 Å². The highest BCUT2D eigenvalue weighted by Crippen LogP contribution is 2.19. The number of ketones is 1. The number of ether oxygens (including phenoxy) is 1. The van der Waals surface area contributed by atoms with Gasteiger partial charge in [-0.3, -0.25) is 0 Å². The Morgan fingerprint density at radius 1 is 0.844 bits per heavy atom. The molecule has 0 spiro atoms. The third kappa shape index (κ3) is 51.5. The summed E-state index contributed by atoms with van der Waals surface area (Å²) in [5.74, 6) is 0.275. The Kier molecular flexibility index (Phi) is 27.4. The molecule has 3 nitrogen and oxygen atoms in total. The highest BCUT2D eigenvalue weighted by molar-refractivity contribution is 5.76. The number of hydrogen-bond donors (Lipinski definition) is 0. The van der Waals surface area contributed by atoms with Gasteiger partial charge in [0.05, 0.1) is 0 Å². The first-order chi connectivity index (χ1) is 14.4. The van der Waals surface area contributed by atoms with Gasteiger partial charge in [0.25, 0.3) is 0 Å². The molecule has 0 fully saturated rings. The summed E-state index contributed by atoms with van der Waals surface area (Å²) in [5, 5.41) is 0. The van der Waals surface area contributed by atoms with E-state index in [0.29, 0.717) is 11.8 Å². The van der Waals surface area contributed by atoms with Crippen molar-refractivity contribution in [2.24, 2.45) is 10.8 Å². The maximum absolute atomic E-state index is 10.5. The molecule has 0 heterocycles. The van der Waals surface area contributed by atoms with Crippen LogP contribution in [0, 0.1) is 24.7 Å². The molecule has 1 aromatic carbocycles. The lowest BCUT2D eigenvalue weighted by Crippen LogP contribution is -2.09. The molecule has 0 saturated carbocycles. The Balaban J connectivity index is -0.000000157. The molecule has 0 aliphatic rings.